The van der Waals surface area contributed by atoms with Gasteiger partial charge in [0.1, 0.15) is 5.92 Å². The molecule has 1 amide bonds. The second kappa shape index (κ2) is 4.04. The standard InChI is InChI=1S/C7H12NO2/c1-4-8(3)7(10)6(2)5-9/h6H,4H2,1-3H3. The van der Waals surface area contributed by atoms with E-state index >= 15 is 0 Å². The van der Waals surface area contributed by atoms with Gasteiger partial charge < -0.3 is 4.90 Å². The Hall–Kier alpha value is -0.860. The normalized spacial score (nSPS) is 12.3. The summed E-state index contributed by atoms with van der Waals surface area (Å²) in [4.78, 5) is 22.5. The molecule has 0 N–H and O–H groups in total. The van der Waals surface area contributed by atoms with Crippen LogP contribution in [0.25, 0.3) is 0 Å². The third-order valence-corrected chi connectivity index (χ3v) is 1.40. The Balaban J connectivity index is 3.93. The lowest BCUT2D eigenvalue weighted by Crippen LogP contribution is -2.31. The highest BCUT2D eigenvalue weighted by molar-refractivity contribution is 5.91. The van der Waals surface area contributed by atoms with E-state index in [1.54, 1.807) is 20.3 Å². The van der Waals surface area contributed by atoms with Crippen molar-refractivity contribution in [3.8, 4) is 0 Å². The molecule has 0 aromatic carbocycles. The molecule has 0 rings (SSSR count). The fourth-order valence-electron chi connectivity index (χ4n) is 0.537. The fraction of sp³-hybridized carbons (Fsp3) is 0.714. The van der Waals surface area contributed by atoms with Crippen LogP contribution in [0.5, 0.6) is 0 Å². The molecule has 0 heterocycles. The molecule has 3 nitrogen and oxygen atoms in total. The van der Waals surface area contributed by atoms with Crippen LogP contribution in [-0.4, -0.2) is 30.7 Å². The van der Waals surface area contributed by atoms with Crippen molar-refractivity contribution in [2.75, 3.05) is 13.6 Å². The molecule has 0 fully saturated rings. The van der Waals surface area contributed by atoms with Gasteiger partial charge in [-0.2, -0.15) is 0 Å². The van der Waals surface area contributed by atoms with Crippen LogP contribution in [0.3, 0.4) is 0 Å². The van der Waals surface area contributed by atoms with Crippen molar-refractivity contribution in [3.63, 3.8) is 0 Å². The van der Waals surface area contributed by atoms with Crippen LogP contribution < -0.4 is 0 Å². The van der Waals surface area contributed by atoms with Crippen molar-refractivity contribution in [2.45, 2.75) is 13.8 Å². The quantitative estimate of drug-likeness (QED) is 0.528. The zero-order chi connectivity index (χ0) is 8.15. The molecule has 0 aromatic rings. The summed E-state index contributed by atoms with van der Waals surface area (Å²) in [5.74, 6) is -0.789. The molecule has 3 heteroatoms. The highest BCUT2D eigenvalue weighted by Crippen LogP contribution is 1.95. The van der Waals surface area contributed by atoms with E-state index < -0.39 is 5.92 Å². The van der Waals surface area contributed by atoms with Gasteiger partial charge in [-0.1, -0.05) is 0 Å². The van der Waals surface area contributed by atoms with Gasteiger partial charge in [-0.05, 0) is 13.8 Å². The Morgan fingerprint density at radius 3 is 2.50 bits per heavy atom. The summed E-state index contributed by atoms with van der Waals surface area (Å²) in [5, 5.41) is 0. The average Bonchev–Trinajstić information content (AvgIpc) is 2.00. The number of nitrogens with zero attached hydrogens (tertiary/aromatic N) is 1. The van der Waals surface area contributed by atoms with E-state index in [9.17, 15) is 9.59 Å². The van der Waals surface area contributed by atoms with Crippen LogP contribution in [0, 0.1) is 5.92 Å². The second-order valence-corrected chi connectivity index (χ2v) is 2.19. The Bertz CT molecular complexity index is 134. The van der Waals surface area contributed by atoms with Crippen LogP contribution in [0.2, 0.25) is 0 Å². The van der Waals surface area contributed by atoms with Crippen LogP contribution in [-0.2, 0) is 9.59 Å². The monoisotopic (exact) mass is 142 g/mol. The van der Waals surface area contributed by atoms with E-state index in [1.807, 2.05) is 6.92 Å². The molecule has 57 valence electrons. The van der Waals surface area contributed by atoms with Crippen LogP contribution in [0.4, 0.5) is 0 Å². The largest absolute Gasteiger partial charge is 0.345 e. The summed E-state index contributed by atoms with van der Waals surface area (Å²) >= 11 is 0. The average molecular weight is 142 g/mol. The predicted octanol–water partition coefficient (Wildman–Crippen LogP) is 0.210. The Morgan fingerprint density at radius 1 is 1.70 bits per heavy atom. The number of rotatable bonds is 3. The lowest BCUT2D eigenvalue weighted by Gasteiger charge is -2.15. The SMILES string of the molecule is CCN(C)C(=O)C(C)[C]=O. The summed E-state index contributed by atoms with van der Waals surface area (Å²) in [7, 11) is 1.66. The molecular formula is C7H12NO2. The van der Waals surface area contributed by atoms with E-state index in [0.29, 0.717) is 6.54 Å². The highest BCUT2D eigenvalue weighted by atomic mass is 16.2. The molecule has 0 saturated heterocycles. The summed E-state index contributed by atoms with van der Waals surface area (Å²) in [5.41, 5.74) is 0. The molecule has 0 aliphatic heterocycles. The second-order valence-electron chi connectivity index (χ2n) is 2.19. The van der Waals surface area contributed by atoms with Gasteiger partial charge in [-0.25, -0.2) is 0 Å². The first-order valence-electron chi connectivity index (χ1n) is 3.26. The summed E-state index contributed by atoms with van der Waals surface area (Å²) < 4.78 is 0. The zero-order valence-electron chi connectivity index (χ0n) is 6.55. The van der Waals surface area contributed by atoms with Crippen LogP contribution in [0.1, 0.15) is 13.8 Å². The number of hydrogen-bond acceptors (Lipinski definition) is 2. The maximum atomic E-state index is 11.0. The first-order valence-corrected chi connectivity index (χ1v) is 3.26. The van der Waals surface area contributed by atoms with E-state index in [0.717, 1.165) is 0 Å². The minimum atomic E-state index is -0.620. The third-order valence-electron chi connectivity index (χ3n) is 1.40. The number of amides is 1. The van der Waals surface area contributed by atoms with Gasteiger partial charge in [0.25, 0.3) is 0 Å². The fourth-order valence-corrected chi connectivity index (χ4v) is 0.537. The summed E-state index contributed by atoms with van der Waals surface area (Å²) in [6.45, 7) is 4.03. The van der Waals surface area contributed by atoms with E-state index in [-0.39, 0.29) is 5.91 Å². The molecule has 0 aliphatic carbocycles. The minimum Gasteiger partial charge on any atom is -0.345 e. The molecule has 1 radical (unpaired) electrons. The van der Waals surface area contributed by atoms with E-state index in [4.69, 9.17) is 0 Å². The van der Waals surface area contributed by atoms with Crippen molar-refractivity contribution in [1.29, 1.82) is 0 Å². The van der Waals surface area contributed by atoms with Gasteiger partial charge in [0.05, 0.1) is 0 Å². The molecule has 1 unspecified atom stereocenters. The zero-order valence-corrected chi connectivity index (χ0v) is 6.55. The van der Waals surface area contributed by atoms with Crippen molar-refractivity contribution >= 4 is 12.2 Å². The van der Waals surface area contributed by atoms with Crippen molar-refractivity contribution in [1.82, 2.24) is 4.90 Å². The highest BCUT2D eigenvalue weighted by Gasteiger charge is 2.15. The van der Waals surface area contributed by atoms with Gasteiger partial charge in [0.15, 0.2) is 0 Å². The smallest absolute Gasteiger partial charge is 0.233 e. The van der Waals surface area contributed by atoms with E-state index in [2.05, 4.69) is 0 Å². The Morgan fingerprint density at radius 2 is 2.20 bits per heavy atom. The molecule has 0 bridgehead atoms. The minimum absolute atomic E-state index is 0.169. The summed E-state index contributed by atoms with van der Waals surface area (Å²) in [6.07, 6.45) is 1.64. The number of hydrogen-bond donors (Lipinski definition) is 0. The lowest BCUT2D eigenvalue weighted by atomic mass is 10.2. The van der Waals surface area contributed by atoms with E-state index in [1.165, 1.54) is 4.90 Å². The number of carbonyl (C=O) groups is 1. The maximum Gasteiger partial charge on any atom is 0.233 e. The van der Waals surface area contributed by atoms with Gasteiger partial charge in [-0.3, -0.25) is 9.59 Å². The maximum absolute atomic E-state index is 11.0. The topological polar surface area (TPSA) is 37.4 Å². The molecule has 10 heavy (non-hydrogen) atoms. The van der Waals surface area contributed by atoms with Crippen LogP contribution >= 0.6 is 0 Å². The van der Waals surface area contributed by atoms with Gasteiger partial charge in [0, 0.05) is 13.6 Å². The predicted molar refractivity (Wildman–Crippen MR) is 38.2 cm³/mol. The van der Waals surface area contributed by atoms with Gasteiger partial charge in [0.2, 0.25) is 12.2 Å². The molecule has 0 saturated carbocycles. The van der Waals surface area contributed by atoms with Crippen molar-refractivity contribution < 1.29 is 9.59 Å². The van der Waals surface area contributed by atoms with Gasteiger partial charge in [-0.15, -0.1) is 0 Å². The van der Waals surface area contributed by atoms with Crippen molar-refractivity contribution in [2.24, 2.45) is 5.92 Å². The first-order chi connectivity index (χ1) is 4.63. The molecule has 1 atom stereocenters. The van der Waals surface area contributed by atoms with Crippen molar-refractivity contribution in [3.05, 3.63) is 0 Å². The van der Waals surface area contributed by atoms with Gasteiger partial charge >= 0.3 is 0 Å². The Kier molecular flexibility index (Phi) is 3.69. The number of carbonyl (C=O) groups excluding carboxylic acids is 2. The summed E-state index contributed by atoms with van der Waals surface area (Å²) in [6, 6.07) is 0. The van der Waals surface area contributed by atoms with Crippen LogP contribution in [0.15, 0.2) is 0 Å². The molecule has 0 spiro atoms. The molecular weight excluding hydrogens is 130 g/mol. The Labute approximate surface area is 61.0 Å². The first kappa shape index (κ1) is 9.14. The molecule has 0 aromatic heterocycles. The lowest BCUT2D eigenvalue weighted by molar-refractivity contribution is -0.131. The molecule has 0 aliphatic rings. The third kappa shape index (κ3) is 2.17.